The van der Waals surface area contributed by atoms with Gasteiger partial charge in [-0.2, -0.15) is 0 Å². The van der Waals surface area contributed by atoms with Crippen molar-refractivity contribution >= 4 is 12.2 Å². The molecule has 0 aliphatic rings. The van der Waals surface area contributed by atoms with Crippen molar-refractivity contribution in [2.75, 3.05) is 0 Å². The molecule has 2 rings (SSSR count). The zero-order chi connectivity index (χ0) is 14.9. The number of rotatable bonds is 8. The summed E-state index contributed by atoms with van der Waals surface area (Å²) in [7, 11) is 0. The summed E-state index contributed by atoms with van der Waals surface area (Å²) < 4.78 is 1.89. The highest BCUT2D eigenvalue weighted by Crippen LogP contribution is 2.13. The van der Waals surface area contributed by atoms with E-state index < -0.39 is 0 Å². The van der Waals surface area contributed by atoms with Gasteiger partial charge in [-0.25, -0.2) is 4.68 Å². The monoisotopic (exact) mass is 285 g/mol. The van der Waals surface area contributed by atoms with Crippen molar-refractivity contribution in [3.8, 4) is 0 Å². The molecule has 1 heterocycles. The van der Waals surface area contributed by atoms with Crippen LogP contribution in [0.15, 0.2) is 30.3 Å². The molecular formula is C17H23N3O. The smallest absolute Gasteiger partial charge is 0.115 e. The van der Waals surface area contributed by atoms with Crippen molar-refractivity contribution in [1.82, 2.24) is 15.0 Å². The molecule has 4 nitrogen and oxygen atoms in total. The summed E-state index contributed by atoms with van der Waals surface area (Å²) >= 11 is 0. The molecule has 0 bridgehead atoms. The number of unbranched alkanes of at least 4 members (excludes halogenated alkanes) is 3. The van der Waals surface area contributed by atoms with E-state index in [2.05, 4.69) is 17.2 Å². The molecule has 112 valence electrons. The van der Waals surface area contributed by atoms with Crippen molar-refractivity contribution in [2.24, 2.45) is 0 Å². The molecule has 1 aromatic heterocycles. The second-order valence-corrected chi connectivity index (χ2v) is 5.11. The van der Waals surface area contributed by atoms with Crippen LogP contribution in [0.25, 0.3) is 12.2 Å². The van der Waals surface area contributed by atoms with Gasteiger partial charge in [-0.15, -0.1) is 5.10 Å². The van der Waals surface area contributed by atoms with E-state index in [-0.39, 0.29) is 6.61 Å². The van der Waals surface area contributed by atoms with Crippen LogP contribution in [0, 0.1) is 0 Å². The highest BCUT2D eigenvalue weighted by Gasteiger charge is 2.08. The van der Waals surface area contributed by atoms with Gasteiger partial charge in [0.05, 0.1) is 12.3 Å². The Labute approximate surface area is 126 Å². The normalized spacial score (nSPS) is 11.3. The van der Waals surface area contributed by atoms with E-state index in [1.807, 2.05) is 47.2 Å². The molecule has 0 aliphatic carbocycles. The molecule has 0 aliphatic heterocycles. The number of nitrogens with zero attached hydrogens (tertiary/aromatic N) is 3. The maximum Gasteiger partial charge on any atom is 0.115 e. The Morgan fingerprint density at radius 2 is 1.90 bits per heavy atom. The lowest BCUT2D eigenvalue weighted by Crippen LogP contribution is -2.03. The number of benzene rings is 1. The Morgan fingerprint density at radius 1 is 1.10 bits per heavy atom. The number of hydrogen-bond acceptors (Lipinski definition) is 3. The standard InChI is InChI=1S/C17H23N3O/c1-2-3-4-8-13-20-17(16(14-21)18-19-20)12-11-15-9-6-5-7-10-15/h5-7,9-12,21H,2-4,8,13-14H2,1H3/b12-11+. The van der Waals surface area contributed by atoms with Crippen molar-refractivity contribution in [2.45, 2.75) is 45.8 Å². The third-order valence-electron chi connectivity index (χ3n) is 3.45. The molecule has 4 heteroatoms. The average Bonchev–Trinajstić information content (AvgIpc) is 2.92. The van der Waals surface area contributed by atoms with Gasteiger partial charge in [0.1, 0.15) is 5.69 Å². The van der Waals surface area contributed by atoms with Gasteiger partial charge in [-0.3, -0.25) is 0 Å². The quantitative estimate of drug-likeness (QED) is 0.755. The highest BCUT2D eigenvalue weighted by atomic mass is 16.3. The molecule has 0 fully saturated rings. The van der Waals surface area contributed by atoms with Crippen LogP contribution in [0.1, 0.15) is 49.6 Å². The van der Waals surface area contributed by atoms with Gasteiger partial charge >= 0.3 is 0 Å². The number of aryl methyl sites for hydroxylation is 1. The molecule has 0 saturated heterocycles. The fraction of sp³-hybridized carbons (Fsp3) is 0.412. The van der Waals surface area contributed by atoms with E-state index in [0.717, 1.165) is 24.2 Å². The molecule has 0 unspecified atom stereocenters. The van der Waals surface area contributed by atoms with Gasteiger partial charge < -0.3 is 5.11 Å². The van der Waals surface area contributed by atoms with Gasteiger partial charge in [0.2, 0.25) is 0 Å². The first-order chi connectivity index (χ1) is 10.3. The number of aliphatic hydroxyl groups is 1. The third kappa shape index (κ3) is 4.53. The van der Waals surface area contributed by atoms with Gasteiger partial charge in [0, 0.05) is 6.54 Å². The van der Waals surface area contributed by atoms with Gasteiger partial charge in [0.25, 0.3) is 0 Å². The van der Waals surface area contributed by atoms with Crippen LogP contribution < -0.4 is 0 Å². The fourth-order valence-electron chi connectivity index (χ4n) is 2.24. The van der Waals surface area contributed by atoms with Gasteiger partial charge in [-0.05, 0) is 18.1 Å². The SMILES string of the molecule is CCCCCCn1nnc(CO)c1/C=C/c1ccccc1. The Kier molecular flexibility index (Phi) is 6.16. The summed E-state index contributed by atoms with van der Waals surface area (Å²) in [5.74, 6) is 0. The molecular weight excluding hydrogens is 262 g/mol. The number of aliphatic hydroxyl groups excluding tert-OH is 1. The minimum Gasteiger partial charge on any atom is -0.390 e. The van der Waals surface area contributed by atoms with Crippen LogP contribution in [0.5, 0.6) is 0 Å². The van der Waals surface area contributed by atoms with E-state index in [4.69, 9.17) is 0 Å². The Balaban J connectivity index is 2.09. The summed E-state index contributed by atoms with van der Waals surface area (Å²) in [5.41, 5.74) is 2.66. The van der Waals surface area contributed by atoms with E-state index >= 15 is 0 Å². The molecule has 0 atom stereocenters. The van der Waals surface area contributed by atoms with E-state index in [1.165, 1.54) is 19.3 Å². The van der Waals surface area contributed by atoms with Crippen molar-refractivity contribution in [1.29, 1.82) is 0 Å². The maximum atomic E-state index is 9.39. The number of hydrogen-bond donors (Lipinski definition) is 1. The predicted molar refractivity (Wildman–Crippen MR) is 85.5 cm³/mol. The summed E-state index contributed by atoms with van der Waals surface area (Å²) in [6, 6.07) is 10.1. The summed E-state index contributed by atoms with van der Waals surface area (Å²) in [5, 5.41) is 17.6. The van der Waals surface area contributed by atoms with Crippen molar-refractivity contribution < 1.29 is 5.11 Å². The van der Waals surface area contributed by atoms with Crippen LogP contribution >= 0.6 is 0 Å². The van der Waals surface area contributed by atoms with Crippen LogP contribution in [0.3, 0.4) is 0 Å². The maximum absolute atomic E-state index is 9.39. The molecule has 1 N–H and O–H groups in total. The first-order valence-electron chi connectivity index (χ1n) is 7.61. The average molecular weight is 285 g/mol. The third-order valence-corrected chi connectivity index (χ3v) is 3.45. The summed E-state index contributed by atoms with van der Waals surface area (Å²) in [6.45, 7) is 2.97. The number of aromatic nitrogens is 3. The lowest BCUT2D eigenvalue weighted by atomic mass is 10.2. The Hall–Kier alpha value is -1.94. The molecule has 0 saturated carbocycles. The van der Waals surface area contributed by atoms with Crippen LogP contribution in [0.4, 0.5) is 0 Å². The lowest BCUT2D eigenvalue weighted by Gasteiger charge is -2.04. The zero-order valence-electron chi connectivity index (χ0n) is 12.6. The Morgan fingerprint density at radius 3 is 2.62 bits per heavy atom. The first-order valence-corrected chi connectivity index (χ1v) is 7.61. The summed E-state index contributed by atoms with van der Waals surface area (Å²) in [4.78, 5) is 0. The molecule has 0 amide bonds. The van der Waals surface area contributed by atoms with E-state index in [9.17, 15) is 5.11 Å². The molecule has 1 aromatic carbocycles. The second-order valence-electron chi connectivity index (χ2n) is 5.11. The lowest BCUT2D eigenvalue weighted by molar-refractivity contribution is 0.276. The fourth-order valence-corrected chi connectivity index (χ4v) is 2.24. The molecule has 0 radical (unpaired) electrons. The van der Waals surface area contributed by atoms with Crippen LogP contribution in [-0.2, 0) is 13.2 Å². The molecule has 2 aromatic rings. The van der Waals surface area contributed by atoms with Gasteiger partial charge in [-0.1, -0.05) is 67.8 Å². The van der Waals surface area contributed by atoms with E-state index in [0.29, 0.717) is 5.69 Å². The van der Waals surface area contributed by atoms with Crippen molar-refractivity contribution in [3.63, 3.8) is 0 Å². The van der Waals surface area contributed by atoms with Crippen molar-refractivity contribution in [3.05, 3.63) is 47.3 Å². The summed E-state index contributed by atoms with van der Waals surface area (Å²) in [6.07, 6.45) is 8.78. The minimum absolute atomic E-state index is 0.0799. The Bertz CT molecular complexity index is 561. The van der Waals surface area contributed by atoms with Crippen LogP contribution in [0.2, 0.25) is 0 Å². The van der Waals surface area contributed by atoms with E-state index in [1.54, 1.807) is 0 Å². The van der Waals surface area contributed by atoms with Crippen LogP contribution in [-0.4, -0.2) is 20.1 Å². The minimum atomic E-state index is -0.0799. The molecule has 21 heavy (non-hydrogen) atoms. The first kappa shape index (κ1) is 15.4. The largest absolute Gasteiger partial charge is 0.390 e. The zero-order valence-corrected chi connectivity index (χ0v) is 12.6. The second kappa shape index (κ2) is 8.37. The topological polar surface area (TPSA) is 50.9 Å². The van der Waals surface area contributed by atoms with Gasteiger partial charge in [0.15, 0.2) is 0 Å². The molecule has 0 spiro atoms. The highest BCUT2D eigenvalue weighted by molar-refractivity contribution is 5.68. The predicted octanol–water partition coefficient (Wildman–Crippen LogP) is 3.52.